The van der Waals surface area contributed by atoms with Gasteiger partial charge in [0, 0.05) is 12.6 Å². The van der Waals surface area contributed by atoms with E-state index in [9.17, 15) is 14.4 Å². The number of hydrogen-bond donors (Lipinski definition) is 1. The third-order valence-electron chi connectivity index (χ3n) is 3.99. The monoisotopic (exact) mass is 332 g/mol. The van der Waals surface area contributed by atoms with E-state index in [1.807, 2.05) is 0 Å². The predicted octanol–water partition coefficient (Wildman–Crippen LogP) is 1.33. The molecule has 0 aliphatic carbocycles. The predicted molar refractivity (Wildman–Crippen MR) is 81.0 cm³/mol. The summed E-state index contributed by atoms with van der Waals surface area (Å²) in [4.78, 5) is 37.5. The Morgan fingerprint density at radius 3 is 2.71 bits per heavy atom. The number of fused-ring (bicyclic) bond motifs is 1. The highest BCUT2D eigenvalue weighted by Gasteiger charge is 2.45. The van der Waals surface area contributed by atoms with Crippen molar-refractivity contribution in [2.45, 2.75) is 13.0 Å². The van der Waals surface area contributed by atoms with Crippen LogP contribution in [0.25, 0.3) is 0 Å². The molecule has 2 aliphatic heterocycles. The van der Waals surface area contributed by atoms with Gasteiger partial charge in [-0.2, -0.15) is 0 Å². The zero-order valence-corrected chi connectivity index (χ0v) is 13.2. The van der Waals surface area contributed by atoms with Crippen molar-refractivity contribution in [3.63, 3.8) is 0 Å². The summed E-state index contributed by atoms with van der Waals surface area (Å²) in [6.45, 7) is 5.07. The molecule has 1 saturated heterocycles. The summed E-state index contributed by atoms with van der Waals surface area (Å²) < 4.78 is 15.4. The summed E-state index contributed by atoms with van der Waals surface area (Å²) in [6.07, 6.45) is 0. The van der Waals surface area contributed by atoms with Crippen LogP contribution in [0.5, 0.6) is 11.5 Å². The molecular formula is C16H16N2O6. The van der Waals surface area contributed by atoms with Crippen molar-refractivity contribution in [1.82, 2.24) is 10.2 Å². The molecule has 1 N–H and O–H groups in total. The molecule has 2 aliphatic rings. The Balaban J connectivity index is 2.11. The molecule has 1 fully saturated rings. The Labute approximate surface area is 138 Å². The van der Waals surface area contributed by atoms with Crippen LogP contribution < -0.4 is 14.8 Å². The van der Waals surface area contributed by atoms with Gasteiger partial charge in [-0.15, -0.1) is 0 Å². The quantitative estimate of drug-likeness (QED) is 0.821. The third kappa shape index (κ3) is 2.45. The Hall–Kier alpha value is -3.03. The number of nitrogens with zero attached hydrogens (tertiary/aromatic N) is 1. The molecule has 3 amide bonds. The summed E-state index contributed by atoms with van der Waals surface area (Å²) in [5.41, 5.74) is 0.716. The van der Waals surface area contributed by atoms with E-state index in [0.717, 1.165) is 4.90 Å². The van der Waals surface area contributed by atoms with E-state index >= 15 is 0 Å². The van der Waals surface area contributed by atoms with E-state index < -0.39 is 29.9 Å². The number of hydrogen-bond acceptors (Lipinski definition) is 6. The minimum atomic E-state index is -0.933. The van der Waals surface area contributed by atoms with Gasteiger partial charge in [0.15, 0.2) is 11.5 Å². The first-order chi connectivity index (χ1) is 11.4. The smallest absolute Gasteiger partial charge is 0.328 e. The minimum Gasteiger partial charge on any atom is -0.468 e. The van der Waals surface area contributed by atoms with Gasteiger partial charge >= 0.3 is 12.0 Å². The Morgan fingerprint density at radius 1 is 1.33 bits per heavy atom. The normalized spacial score (nSPS) is 22.2. The molecule has 1 aromatic rings. The van der Waals surface area contributed by atoms with Crippen LogP contribution in [-0.4, -0.2) is 36.7 Å². The van der Waals surface area contributed by atoms with E-state index in [1.165, 1.54) is 14.0 Å². The zero-order valence-electron chi connectivity index (χ0n) is 13.2. The summed E-state index contributed by atoms with van der Waals surface area (Å²) in [7, 11) is 1.24. The molecular weight excluding hydrogens is 316 g/mol. The van der Waals surface area contributed by atoms with Crippen molar-refractivity contribution in [3.05, 3.63) is 36.0 Å². The summed E-state index contributed by atoms with van der Waals surface area (Å²) in [5.74, 6) is -1.000. The van der Waals surface area contributed by atoms with E-state index in [4.69, 9.17) is 14.2 Å². The van der Waals surface area contributed by atoms with Crippen LogP contribution >= 0.6 is 0 Å². The van der Waals surface area contributed by atoms with Crippen LogP contribution in [0.15, 0.2) is 30.5 Å². The molecule has 8 nitrogen and oxygen atoms in total. The third-order valence-corrected chi connectivity index (χ3v) is 3.99. The number of urea groups is 1. The van der Waals surface area contributed by atoms with Crippen molar-refractivity contribution in [2.75, 3.05) is 13.9 Å². The SMILES string of the molecule is C=C1NC(=O)N(C(C)=O)C(c2ccc3c(c2)OCO3)C1C(=O)OC. The van der Waals surface area contributed by atoms with Crippen molar-refractivity contribution in [3.8, 4) is 11.5 Å². The summed E-state index contributed by atoms with van der Waals surface area (Å²) in [6, 6.07) is 3.46. The van der Waals surface area contributed by atoms with Gasteiger partial charge in [0.1, 0.15) is 5.92 Å². The molecule has 1 aromatic carbocycles. The fraction of sp³-hybridized carbons (Fsp3) is 0.312. The molecule has 0 radical (unpaired) electrons. The number of rotatable bonds is 2. The molecule has 2 unspecified atom stereocenters. The first-order valence-electron chi connectivity index (χ1n) is 7.21. The maximum atomic E-state index is 12.2. The van der Waals surface area contributed by atoms with Gasteiger partial charge in [0.05, 0.1) is 13.2 Å². The lowest BCUT2D eigenvalue weighted by Crippen LogP contribution is -2.55. The number of benzene rings is 1. The first-order valence-corrected chi connectivity index (χ1v) is 7.21. The maximum absolute atomic E-state index is 12.2. The second-order valence-corrected chi connectivity index (χ2v) is 5.40. The number of nitrogens with one attached hydrogen (secondary N) is 1. The van der Waals surface area contributed by atoms with Crippen LogP contribution in [-0.2, 0) is 14.3 Å². The van der Waals surface area contributed by atoms with E-state index in [0.29, 0.717) is 17.1 Å². The van der Waals surface area contributed by atoms with Crippen molar-refractivity contribution < 1.29 is 28.6 Å². The van der Waals surface area contributed by atoms with Crippen LogP contribution in [0, 0.1) is 5.92 Å². The first kappa shape index (κ1) is 15.9. The Bertz CT molecular complexity index is 744. The minimum absolute atomic E-state index is 0.0908. The van der Waals surface area contributed by atoms with E-state index in [-0.39, 0.29) is 12.5 Å². The molecule has 2 heterocycles. The maximum Gasteiger partial charge on any atom is 0.328 e. The van der Waals surface area contributed by atoms with Crippen molar-refractivity contribution >= 4 is 17.9 Å². The second kappa shape index (κ2) is 5.88. The van der Waals surface area contributed by atoms with E-state index in [2.05, 4.69) is 11.9 Å². The number of carbonyl (C=O) groups excluding carboxylic acids is 3. The highest BCUT2D eigenvalue weighted by molar-refractivity contribution is 5.97. The molecule has 0 saturated carbocycles. The Kier molecular flexibility index (Phi) is 3.88. The average molecular weight is 332 g/mol. The van der Waals surface area contributed by atoms with Gasteiger partial charge in [0.2, 0.25) is 12.7 Å². The topological polar surface area (TPSA) is 94.2 Å². The standard InChI is InChI=1S/C16H16N2O6/c1-8-13(15(20)22-3)14(18(9(2)19)16(21)17-8)10-4-5-11-12(6-10)24-7-23-11/h4-6,13-14H,1,7H2,2-3H3,(H,17,21). The van der Waals surface area contributed by atoms with Gasteiger partial charge < -0.3 is 19.5 Å². The number of ether oxygens (including phenoxy) is 3. The van der Waals surface area contributed by atoms with Gasteiger partial charge in [-0.25, -0.2) is 4.79 Å². The number of amides is 3. The summed E-state index contributed by atoms with van der Waals surface area (Å²) >= 11 is 0. The molecule has 126 valence electrons. The molecule has 24 heavy (non-hydrogen) atoms. The largest absolute Gasteiger partial charge is 0.468 e. The number of methoxy groups -OCH3 is 1. The van der Waals surface area contributed by atoms with Gasteiger partial charge in [-0.1, -0.05) is 12.6 Å². The molecule has 8 heteroatoms. The Morgan fingerprint density at radius 2 is 2.04 bits per heavy atom. The molecule has 3 rings (SSSR count). The van der Waals surface area contributed by atoms with Gasteiger partial charge in [0.25, 0.3) is 0 Å². The van der Waals surface area contributed by atoms with Crippen LogP contribution in [0.1, 0.15) is 18.5 Å². The van der Waals surface area contributed by atoms with Gasteiger partial charge in [-0.05, 0) is 17.7 Å². The second-order valence-electron chi connectivity index (χ2n) is 5.40. The highest BCUT2D eigenvalue weighted by Crippen LogP contribution is 2.41. The lowest BCUT2D eigenvalue weighted by atomic mass is 9.87. The van der Waals surface area contributed by atoms with Crippen LogP contribution in [0.2, 0.25) is 0 Å². The lowest BCUT2D eigenvalue weighted by Gasteiger charge is -2.39. The summed E-state index contributed by atoms with van der Waals surface area (Å²) in [5, 5.41) is 2.44. The average Bonchev–Trinajstić information content (AvgIpc) is 3.00. The molecule has 2 atom stereocenters. The van der Waals surface area contributed by atoms with Crippen molar-refractivity contribution in [1.29, 1.82) is 0 Å². The number of carbonyl (C=O) groups is 3. The molecule has 0 bridgehead atoms. The zero-order chi connectivity index (χ0) is 17.4. The fourth-order valence-corrected chi connectivity index (χ4v) is 2.92. The van der Waals surface area contributed by atoms with E-state index in [1.54, 1.807) is 18.2 Å². The van der Waals surface area contributed by atoms with Gasteiger partial charge in [-0.3, -0.25) is 14.5 Å². The molecule has 0 spiro atoms. The highest BCUT2D eigenvalue weighted by atomic mass is 16.7. The molecule has 0 aromatic heterocycles. The van der Waals surface area contributed by atoms with Crippen molar-refractivity contribution in [2.24, 2.45) is 5.92 Å². The number of esters is 1. The lowest BCUT2D eigenvalue weighted by molar-refractivity contribution is -0.147. The van der Waals surface area contributed by atoms with Crippen LogP contribution in [0.3, 0.4) is 0 Å². The number of imide groups is 1. The van der Waals surface area contributed by atoms with Crippen LogP contribution in [0.4, 0.5) is 4.79 Å². The fourth-order valence-electron chi connectivity index (χ4n) is 2.92.